The third-order valence-corrected chi connectivity index (χ3v) is 6.58. The summed E-state index contributed by atoms with van der Waals surface area (Å²) < 4.78 is 23.2. The Morgan fingerprint density at radius 3 is 2.23 bits per heavy atom. The molecule has 0 bridgehead atoms. The van der Waals surface area contributed by atoms with Gasteiger partial charge in [-0.3, -0.25) is 4.90 Å². The first-order valence-electron chi connectivity index (χ1n) is 10.5. The number of rotatable bonds is 11. The lowest BCUT2D eigenvalue weighted by molar-refractivity contribution is -0.127. The van der Waals surface area contributed by atoms with Crippen molar-refractivity contribution in [1.82, 2.24) is 4.90 Å². The fraction of sp³-hybridized carbons (Fsp3) is 1.00. The molecule has 152 valence electrons. The van der Waals surface area contributed by atoms with Crippen molar-refractivity contribution in [2.24, 2.45) is 5.41 Å². The highest BCUT2D eigenvalue weighted by atomic mass is 16.5. The minimum Gasteiger partial charge on any atom is -0.381 e. The molecule has 2 saturated carbocycles. The third-order valence-electron chi connectivity index (χ3n) is 6.58. The predicted molar refractivity (Wildman–Crippen MR) is 103 cm³/mol. The van der Waals surface area contributed by atoms with Gasteiger partial charge >= 0.3 is 0 Å². The molecule has 1 heterocycles. The van der Waals surface area contributed by atoms with Crippen LogP contribution in [0.5, 0.6) is 0 Å². The Balaban J connectivity index is 1.19. The van der Waals surface area contributed by atoms with Crippen LogP contribution in [0.4, 0.5) is 0 Å². The van der Waals surface area contributed by atoms with Gasteiger partial charge in [0, 0.05) is 32.3 Å². The number of hydrogen-bond acceptors (Lipinski definition) is 5. The average Bonchev–Trinajstić information content (AvgIpc) is 2.45. The SMILES string of the molecule is COC1CC(OCC2(CCOCCOC3CN(C(C)(C)C)C3)CCC2)C1. The van der Waals surface area contributed by atoms with E-state index in [-0.39, 0.29) is 5.54 Å². The van der Waals surface area contributed by atoms with Gasteiger partial charge in [0.25, 0.3) is 0 Å². The number of ether oxygens (including phenoxy) is 4. The number of nitrogens with zero attached hydrogens (tertiary/aromatic N) is 1. The van der Waals surface area contributed by atoms with E-state index in [4.69, 9.17) is 18.9 Å². The van der Waals surface area contributed by atoms with Crippen molar-refractivity contribution in [3.63, 3.8) is 0 Å². The summed E-state index contributed by atoms with van der Waals surface area (Å²) in [6.07, 6.45) is 8.40. The summed E-state index contributed by atoms with van der Waals surface area (Å²) in [5.74, 6) is 0. The van der Waals surface area contributed by atoms with E-state index in [1.165, 1.54) is 19.3 Å². The Labute approximate surface area is 159 Å². The Hall–Kier alpha value is -0.200. The van der Waals surface area contributed by atoms with Gasteiger partial charge in [0.2, 0.25) is 0 Å². The van der Waals surface area contributed by atoms with Gasteiger partial charge in [0.15, 0.2) is 0 Å². The summed E-state index contributed by atoms with van der Waals surface area (Å²) >= 11 is 0. The van der Waals surface area contributed by atoms with Crippen molar-refractivity contribution in [2.75, 3.05) is 46.6 Å². The molecule has 0 N–H and O–H groups in total. The second-order valence-corrected chi connectivity index (χ2v) is 9.55. The quantitative estimate of drug-likeness (QED) is 0.523. The number of hydrogen-bond donors (Lipinski definition) is 0. The van der Waals surface area contributed by atoms with Gasteiger partial charge in [0.1, 0.15) is 0 Å². The first-order chi connectivity index (χ1) is 12.4. The number of methoxy groups -OCH3 is 1. The lowest BCUT2D eigenvalue weighted by atomic mass is 9.67. The van der Waals surface area contributed by atoms with Crippen LogP contribution in [-0.4, -0.2) is 75.4 Å². The van der Waals surface area contributed by atoms with Crippen LogP contribution in [0.15, 0.2) is 0 Å². The first-order valence-corrected chi connectivity index (χ1v) is 10.5. The van der Waals surface area contributed by atoms with E-state index in [1.54, 1.807) is 7.11 Å². The molecule has 1 aliphatic heterocycles. The molecule has 0 radical (unpaired) electrons. The zero-order chi connectivity index (χ0) is 18.6. The molecule has 0 amide bonds. The van der Waals surface area contributed by atoms with Crippen LogP contribution in [0.1, 0.15) is 59.3 Å². The topological polar surface area (TPSA) is 40.2 Å². The second kappa shape index (κ2) is 8.87. The lowest BCUT2D eigenvalue weighted by Crippen LogP contribution is -2.59. The van der Waals surface area contributed by atoms with Gasteiger partial charge in [-0.1, -0.05) is 6.42 Å². The maximum Gasteiger partial charge on any atom is 0.0830 e. The Morgan fingerprint density at radius 1 is 0.923 bits per heavy atom. The second-order valence-electron chi connectivity index (χ2n) is 9.55. The van der Waals surface area contributed by atoms with Crippen molar-refractivity contribution < 1.29 is 18.9 Å². The zero-order valence-electron chi connectivity index (χ0n) is 17.3. The normalized spacial score (nSPS) is 29.1. The fourth-order valence-corrected chi connectivity index (χ4v) is 4.04. The molecule has 0 spiro atoms. The molecule has 26 heavy (non-hydrogen) atoms. The van der Waals surface area contributed by atoms with E-state index in [1.807, 2.05) is 0 Å². The fourth-order valence-electron chi connectivity index (χ4n) is 4.04. The summed E-state index contributed by atoms with van der Waals surface area (Å²) in [5, 5.41) is 0. The Kier molecular flexibility index (Phi) is 7.00. The summed E-state index contributed by atoms with van der Waals surface area (Å²) in [6, 6.07) is 0. The molecular formula is C21H39NO4. The average molecular weight is 370 g/mol. The highest BCUT2D eigenvalue weighted by Crippen LogP contribution is 2.45. The summed E-state index contributed by atoms with van der Waals surface area (Å²) in [6.45, 7) is 12.0. The summed E-state index contributed by atoms with van der Waals surface area (Å²) in [7, 11) is 1.79. The van der Waals surface area contributed by atoms with Gasteiger partial charge in [-0.2, -0.15) is 0 Å². The summed E-state index contributed by atoms with van der Waals surface area (Å²) in [4.78, 5) is 2.45. The lowest BCUT2D eigenvalue weighted by Gasteiger charge is -2.47. The smallest absolute Gasteiger partial charge is 0.0830 e. The van der Waals surface area contributed by atoms with Gasteiger partial charge in [-0.15, -0.1) is 0 Å². The van der Waals surface area contributed by atoms with E-state index >= 15 is 0 Å². The van der Waals surface area contributed by atoms with E-state index in [0.717, 1.165) is 45.6 Å². The molecule has 3 aliphatic rings. The third kappa shape index (κ3) is 5.41. The molecular weight excluding hydrogens is 330 g/mol. The van der Waals surface area contributed by atoms with Crippen molar-refractivity contribution >= 4 is 0 Å². The Morgan fingerprint density at radius 2 is 1.65 bits per heavy atom. The molecule has 3 rings (SSSR count). The zero-order valence-corrected chi connectivity index (χ0v) is 17.3. The molecule has 0 aromatic heterocycles. The van der Waals surface area contributed by atoms with E-state index in [2.05, 4.69) is 25.7 Å². The molecule has 0 aromatic rings. The number of likely N-dealkylation sites (tertiary alicyclic amines) is 1. The molecule has 5 nitrogen and oxygen atoms in total. The van der Waals surface area contributed by atoms with E-state index in [9.17, 15) is 0 Å². The van der Waals surface area contributed by atoms with Crippen LogP contribution in [0.3, 0.4) is 0 Å². The van der Waals surface area contributed by atoms with Crippen molar-refractivity contribution in [1.29, 1.82) is 0 Å². The molecule has 1 saturated heterocycles. The van der Waals surface area contributed by atoms with Crippen molar-refractivity contribution in [3.05, 3.63) is 0 Å². The maximum atomic E-state index is 6.12. The maximum absolute atomic E-state index is 6.12. The van der Waals surface area contributed by atoms with Crippen molar-refractivity contribution in [3.8, 4) is 0 Å². The largest absolute Gasteiger partial charge is 0.381 e. The van der Waals surface area contributed by atoms with Crippen LogP contribution in [0.25, 0.3) is 0 Å². The van der Waals surface area contributed by atoms with E-state index < -0.39 is 0 Å². The minimum absolute atomic E-state index is 0.263. The van der Waals surface area contributed by atoms with Gasteiger partial charge in [0.05, 0.1) is 38.1 Å². The standard InChI is InChI=1S/C21H39NO4/c1-20(2,3)22-14-19(15-22)25-11-10-24-9-8-21(6-5-7-21)16-26-18-12-17(13-18)23-4/h17-19H,5-16H2,1-4H3. The molecule has 2 aliphatic carbocycles. The molecule has 0 unspecified atom stereocenters. The highest BCUT2D eigenvalue weighted by molar-refractivity contribution is 4.90. The molecule has 3 fully saturated rings. The Bertz CT molecular complexity index is 420. The summed E-state index contributed by atoms with van der Waals surface area (Å²) in [5.41, 5.74) is 0.639. The van der Waals surface area contributed by atoms with Crippen LogP contribution in [0.2, 0.25) is 0 Å². The molecule has 0 aromatic carbocycles. The van der Waals surface area contributed by atoms with Gasteiger partial charge in [-0.05, 0) is 58.3 Å². The monoisotopic (exact) mass is 369 g/mol. The molecule has 5 heteroatoms. The minimum atomic E-state index is 0.263. The predicted octanol–water partition coefficient (Wildman–Crippen LogP) is 3.26. The van der Waals surface area contributed by atoms with Crippen LogP contribution < -0.4 is 0 Å². The van der Waals surface area contributed by atoms with Crippen LogP contribution in [0, 0.1) is 5.41 Å². The van der Waals surface area contributed by atoms with E-state index in [0.29, 0.717) is 36.9 Å². The van der Waals surface area contributed by atoms with Gasteiger partial charge < -0.3 is 18.9 Å². The highest BCUT2D eigenvalue weighted by Gasteiger charge is 2.39. The van der Waals surface area contributed by atoms with Crippen molar-refractivity contribution in [2.45, 2.75) is 83.1 Å². The van der Waals surface area contributed by atoms with Crippen LogP contribution >= 0.6 is 0 Å². The first kappa shape index (κ1) is 20.5. The van der Waals surface area contributed by atoms with Crippen LogP contribution in [-0.2, 0) is 18.9 Å². The molecule has 0 atom stereocenters. The van der Waals surface area contributed by atoms with Gasteiger partial charge in [-0.25, -0.2) is 0 Å².